The van der Waals surface area contributed by atoms with Crippen molar-refractivity contribution < 1.29 is 9.47 Å². The summed E-state index contributed by atoms with van der Waals surface area (Å²) >= 11 is 11.2. The third kappa shape index (κ3) is 6.10. The summed E-state index contributed by atoms with van der Waals surface area (Å²) < 4.78 is 12.1. The molecule has 0 aliphatic carbocycles. The Kier molecular flexibility index (Phi) is 8.74. The normalized spacial score (nSPS) is 11.9. The summed E-state index contributed by atoms with van der Waals surface area (Å²) in [5, 5.41) is 0. The van der Waals surface area contributed by atoms with Gasteiger partial charge in [-0.3, -0.25) is 0 Å². The van der Waals surface area contributed by atoms with E-state index in [2.05, 4.69) is 27.7 Å². The van der Waals surface area contributed by atoms with Crippen molar-refractivity contribution in [3.8, 4) is 11.5 Å². The van der Waals surface area contributed by atoms with Gasteiger partial charge in [0.15, 0.2) is 0 Å². The molecule has 0 heterocycles. The predicted octanol–water partition coefficient (Wildman–Crippen LogP) is 5.89. The second kappa shape index (κ2) is 10.0. The van der Waals surface area contributed by atoms with Crippen LogP contribution in [0.15, 0.2) is 22.7 Å². The molecular formula is C18H25Cl2O2. The van der Waals surface area contributed by atoms with E-state index in [9.17, 15) is 0 Å². The Morgan fingerprint density at radius 2 is 1.82 bits per heavy atom. The molecule has 1 rings (SSSR count). The van der Waals surface area contributed by atoms with Gasteiger partial charge < -0.3 is 9.47 Å². The van der Waals surface area contributed by atoms with Crippen LogP contribution in [-0.2, 0) is 12.8 Å². The first-order valence-electron chi connectivity index (χ1n) is 7.77. The van der Waals surface area contributed by atoms with E-state index in [1.54, 1.807) is 6.08 Å². The van der Waals surface area contributed by atoms with E-state index in [-0.39, 0.29) is 10.6 Å². The molecule has 0 saturated heterocycles. The molecule has 0 fully saturated rings. The van der Waals surface area contributed by atoms with Crippen LogP contribution in [0.5, 0.6) is 11.5 Å². The lowest BCUT2D eigenvalue weighted by atomic mass is 10.0. The molecule has 1 aromatic carbocycles. The molecule has 0 saturated carbocycles. The molecule has 0 aliphatic rings. The van der Waals surface area contributed by atoms with Gasteiger partial charge in [-0.2, -0.15) is 0 Å². The van der Waals surface area contributed by atoms with Gasteiger partial charge >= 0.3 is 0 Å². The summed E-state index contributed by atoms with van der Waals surface area (Å²) in [6.45, 7) is 10.6. The third-order valence-corrected chi connectivity index (χ3v) is 3.70. The molecule has 0 aliphatic heterocycles. The van der Waals surface area contributed by atoms with Crippen LogP contribution in [0.4, 0.5) is 0 Å². The molecule has 123 valence electrons. The summed E-state index contributed by atoms with van der Waals surface area (Å²) in [7, 11) is 0. The Hall–Kier alpha value is -0.860. The van der Waals surface area contributed by atoms with Crippen molar-refractivity contribution >= 4 is 23.2 Å². The van der Waals surface area contributed by atoms with E-state index < -0.39 is 0 Å². The molecule has 4 heteroatoms. The highest BCUT2D eigenvalue weighted by molar-refractivity contribution is 6.55. The first kappa shape index (κ1) is 19.2. The molecule has 0 spiro atoms. The van der Waals surface area contributed by atoms with E-state index in [0.29, 0.717) is 6.61 Å². The van der Waals surface area contributed by atoms with E-state index in [4.69, 9.17) is 32.7 Å². The van der Waals surface area contributed by atoms with Crippen LogP contribution in [0.3, 0.4) is 0 Å². The van der Waals surface area contributed by atoms with Crippen molar-refractivity contribution in [3.05, 3.63) is 40.8 Å². The quantitative estimate of drug-likeness (QED) is 0.556. The molecule has 1 unspecified atom stereocenters. The minimum absolute atomic E-state index is 0.165. The monoisotopic (exact) mass is 343 g/mol. The first-order chi connectivity index (χ1) is 10.5. The number of hydrogen-bond acceptors (Lipinski definition) is 2. The average molecular weight is 344 g/mol. The zero-order valence-corrected chi connectivity index (χ0v) is 15.1. The van der Waals surface area contributed by atoms with Crippen molar-refractivity contribution in [1.29, 1.82) is 0 Å². The van der Waals surface area contributed by atoms with E-state index >= 15 is 0 Å². The van der Waals surface area contributed by atoms with Crippen LogP contribution >= 0.6 is 23.2 Å². The van der Waals surface area contributed by atoms with Gasteiger partial charge in [-0.1, -0.05) is 44.0 Å². The van der Waals surface area contributed by atoms with Crippen LogP contribution < -0.4 is 9.47 Å². The number of halogens is 2. The van der Waals surface area contributed by atoms with Gasteiger partial charge in [-0.05, 0) is 61.9 Å². The van der Waals surface area contributed by atoms with Gasteiger partial charge in [0.25, 0.3) is 0 Å². The van der Waals surface area contributed by atoms with Crippen LogP contribution in [0.1, 0.15) is 44.7 Å². The third-order valence-electron chi connectivity index (χ3n) is 3.40. The second-order valence-corrected chi connectivity index (χ2v) is 6.16. The Labute approximate surface area is 144 Å². The summed E-state index contributed by atoms with van der Waals surface area (Å²) in [4.78, 5) is 0. The summed E-state index contributed by atoms with van der Waals surface area (Å²) in [6, 6.07) is 4.06. The van der Waals surface area contributed by atoms with Crippen LogP contribution in [0.2, 0.25) is 0 Å². The fourth-order valence-corrected chi connectivity index (χ4v) is 2.36. The van der Waals surface area contributed by atoms with Gasteiger partial charge in [-0.25, -0.2) is 0 Å². The Morgan fingerprint density at radius 1 is 1.23 bits per heavy atom. The van der Waals surface area contributed by atoms with Gasteiger partial charge in [0.05, 0.1) is 6.10 Å². The lowest BCUT2D eigenvalue weighted by Crippen LogP contribution is -2.14. The van der Waals surface area contributed by atoms with E-state index in [0.717, 1.165) is 48.3 Å². The van der Waals surface area contributed by atoms with Crippen molar-refractivity contribution in [2.45, 2.75) is 52.6 Å². The van der Waals surface area contributed by atoms with Crippen molar-refractivity contribution in [2.24, 2.45) is 0 Å². The lowest BCUT2D eigenvalue weighted by molar-refractivity contribution is 0.208. The van der Waals surface area contributed by atoms with E-state index in [1.807, 2.05) is 12.1 Å². The maximum Gasteiger partial charge on any atom is 0.126 e. The Morgan fingerprint density at radius 3 is 2.27 bits per heavy atom. The molecule has 1 aromatic rings. The predicted molar refractivity (Wildman–Crippen MR) is 95.2 cm³/mol. The zero-order valence-electron chi connectivity index (χ0n) is 13.6. The minimum atomic E-state index is 0.165. The minimum Gasteiger partial charge on any atom is -0.490 e. The molecule has 22 heavy (non-hydrogen) atoms. The standard InChI is InChI=1S/C18H25Cl2O2/c1-5-8-13(4)22-18-14(6-2)11-16(12-15(18)7-3)21-10-9-17(19)20/h9,11-13H,1,5-8,10H2,2-4H3. The number of rotatable bonds is 9. The Bertz CT molecular complexity index is 469. The molecular weight excluding hydrogens is 319 g/mol. The number of hydrogen-bond donors (Lipinski definition) is 0. The lowest BCUT2D eigenvalue weighted by Gasteiger charge is -2.20. The van der Waals surface area contributed by atoms with Crippen molar-refractivity contribution in [1.82, 2.24) is 0 Å². The Balaban J connectivity index is 2.99. The zero-order chi connectivity index (χ0) is 16.5. The smallest absolute Gasteiger partial charge is 0.126 e. The molecule has 1 radical (unpaired) electrons. The molecule has 0 N–H and O–H groups in total. The fourth-order valence-electron chi connectivity index (χ4n) is 2.23. The van der Waals surface area contributed by atoms with Crippen LogP contribution in [-0.4, -0.2) is 12.7 Å². The van der Waals surface area contributed by atoms with Crippen molar-refractivity contribution in [3.63, 3.8) is 0 Å². The summed E-state index contributed by atoms with van der Waals surface area (Å²) in [5.41, 5.74) is 2.32. The fraction of sp³-hybridized carbons (Fsp3) is 0.500. The number of ether oxygens (including phenoxy) is 2. The van der Waals surface area contributed by atoms with Crippen LogP contribution in [0, 0.1) is 6.92 Å². The maximum absolute atomic E-state index is 6.15. The molecule has 2 nitrogen and oxygen atoms in total. The largest absolute Gasteiger partial charge is 0.490 e. The summed E-state index contributed by atoms with van der Waals surface area (Å²) in [5.74, 6) is 1.81. The van der Waals surface area contributed by atoms with E-state index in [1.165, 1.54) is 0 Å². The topological polar surface area (TPSA) is 18.5 Å². The average Bonchev–Trinajstić information content (AvgIpc) is 2.48. The van der Waals surface area contributed by atoms with Gasteiger partial charge in [0.2, 0.25) is 0 Å². The highest BCUT2D eigenvalue weighted by atomic mass is 35.5. The highest BCUT2D eigenvalue weighted by Crippen LogP contribution is 2.32. The molecule has 0 bridgehead atoms. The highest BCUT2D eigenvalue weighted by Gasteiger charge is 2.14. The molecule has 1 atom stereocenters. The SMILES string of the molecule is [CH2]CCC(C)Oc1c(CC)cc(OCC=C(Cl)Cl)cc1CC. The summed E-state index contributed by atoms with van der Waals surface area (Å²) in [6.07, 6.45) is 5.39. The van der Waals surface area contributed by atoms with Gasteiger partial charge in [0, 0.05) is 0 Å². The molecule has 0 aromatic heterocycles. The number of aryl methyl sites for hydroxylation is 2. The van der Waals surface area contributed by atoms with Gasteiger partial charge in [-0.15, -0.1) is 0 Å². The maximum atomic E-state index is 6.15. The second-order valence-electron chi connectivity index (χ2n) is 5.15. The van der Waals surface area contributed by atoms with Gasteiger partial charge in [0.1, 0.15) is 22.6 Å². The first-order valence-corrected chi connectivity index (χ1v) is 8.53. The number of benzene rings is 1. The molecule has 0 amide bonds. The van der Waals surface area contributed by atoms with Crippen molar-refractivity contribution in [2.75, 3.05) is 6.61 Å². The van der Waals surface area contributed by atoms with Crippen LogP contribution in [0.25, 0.3) is 0 Å².